The molecule has 2 rings (SSSR count). The molecule has 0 heterocycles. The van der Waals surface area contributed by atoms with Gasteiger partial charge in [0.25, 0.3) is 0 Å². The zero-order valence-corrected chi connectivity index (χ0v) is 9.67. The first kappa shape index (κ1) is 11.6. The van der Waals surface area contributed by atoms with Crippen molar-refractivity contribution in [3.05, 3.63) is 48.1 Å². The number of rotatable bonds is 3. The van der Waals surface area contributed by atoms with Crippen molar-refractivity contribution in [1.29, 1.82) is 0 Å². The predicted octanol–water partition coefficient (Wildman–Crippen LogP) is 3.33. The molecular formula is C15H16O2. The second-order valence-corrected chi connectivity index (χ2v) is 4.31. The Kier molecular flexibility index (Phi) is 3.76. The smallest absolute Gasteiger partial charge is 0.158 e. The van der Waals surface area contributed by atoms with Crippen molar-refractivity contribution in [3.63, 3.8) is 0 Å². The van der Waals surface area contributed by atoms with Crippen LogP contribution in [0.5, 0.6) is 5.75 Å². The zero-order chi connectivity index (χ0) is 12.1. The van der Waals surface area contributed by atoms with Crippen molar-refractivity contribution in [2.75, 3.05) is 0 Å². The monoisotopic (exact) mass is 228 g/mol. The fourth-order valence-electron chi connectivity index (χ4n) is 2.01. The molecule has 17 heavy (non-hydrogen) atoms. The summed E-state index contributed by atoms with van der Waals surface area (Å²) < 4.78 is 0. The van der Waals surface area contributed by atoms with Gasteiger partial charge < -0.3 is 5.11 Å². The Labute approximate surface area is 101 Å². The van der Waals surface area contributed by atoms with Crippen molar-refractivity contribution < 1.29 is 9.90 Å². The lowest BCUT2D eigenvalue weighted by Gasteiger charge is -2.13. The summed E-state index contributed by atoms with van der Waals surface area (Å²) in [5.41, 5.74) is 0.962. The number of ketones is 1. The van der Waals surface area contributed by atoms with Gasteiger partial charge in [0.05, 0.1) is 0 Å². The summed E-state index contributed by atoms with van der Waals surface area (Å²) in [4.78, 5) is 11.5. The SMILES string of the molecule is O=C1C=CCCC1C/C=C/c1cccc(O)c1. The third-order valence-electron chi connectivity index (χ3n) is 2.97. The van der Waals surface area contributed by atoms with Crippen molar-refractivity contribution in [2.24, 2.45) is 5.92 Å². The second kappa shape index (κ2) is 5.48. The van der Waals surface area contributed by atoms with Gasteiger partial charge in [-0.25, -0.2) is 0 Å². The van der Waals surface area contributed by atoms with Crippen LogP contribution in [-0.4, -0.2) is 10.9 Å². The molecule has 88 valence electrons. The fourth-order valence-corrected chi connectivity index (χ4v) is 2.01. The van der Waals surface area contributed by atoms with Crippen LogP contribution in [0.4, 0.5) is 0 Å². The van der Waals surface area contributed by atoms with E-state index in [1.165, 1.54) is 0 Å². The molecule has 0 radical (unpaired) electrons. The van der Waals surface area contributed by atoms with Gasteiger partial charge in [-0.05, 0) is 43.0 Å². The molecule has 1 atom stereocenters. The van der Waals surface area contributed by atoms with E-state index in [9.17, 15) is 9.90 Å². The zero-order valence-electron chi connectivity index (χ0n) is 9.67. The second-order valence-electron chi connectivity index (χ2n) is 4.31. The molecule has 2 heteroatoms. The van der Waals surface area contributed by atoms with Crippen LogP contribution in [0.1, 0.15) is 24.8 Å². The third kappa shape index (κ3) is 3.31. The van der Waals surface area contributed by atoms with Crippen LogP contribution >= 0.6 is 0 Å². The van der Waals surface area contributed by atoms with Crippen molar-refractivity contribution in [3.8, 4) is 5.75 Å². The highest BCUT2D eigenvalue weighted by molar-refractivity contribution is 5.92. The summed E-state index contributed by atoms with van der Waals surface area (Å²) in [6.07, 6.45) is 10.3. The van der Waals surface area contributed by atoms with Gasteiger partial charge in [-0.2, -0.15) is 0 Å². The number of carbonyl (C=O) groups is 1. The molecule has 1 aliphatic rings. The Hall–Kier alpha value is -1.83. The quantitative estimate of drug-likeness (QED) is 0.861. The summed E-state index contributed by atoms with van der Waals surface area (Å²) in [5.74, 6) is 0.634. The van der Waals surface area contributed by atoms with Crippen molar-refractivity contribution in [1.82, 2.24) is 0 Å². The Balaban J connectivity index is 1.93. The maximum atomic E-state index is 11.5. The van der Waals surface area contributed by atoms with E-state index >= 15 is 0 Å². The fraction of sp³-hybridized carbons (Fsp3) is 0.267. The van der Waals surface area contributed by atoms with Gasteiger partial charge in [0, 0.05) is 5.92 Å². The summed E-state index contributed by atoms with van der Waals surface area (Å²) in [5, 5.41) is 9.31. The average Bonchev–Trinajstić information content (AvgIpc) is 2.32. The van der Waals surface area contributed by atoms with E-state index in [0.717, 1.165) is 24.8 Å². The molecule has 1 aromatic carbocycles. The van der Waals surface area contributed by atoms with Gasteiger partial charge in [0.2, 0.25) is 0 Å². The lowest BCUT2D eigenvalue weighted by molar-refractivity contribution is -0.118. The number of hydrogen-bond donors (Lipinski definition) is 1. The molecule has 1 N–H and O–H groups in total. The van der Waals surface area contributed by atoms with E-state index in [2.05, 4.69) is 0 Å². The average molecular weight is 228 g/mol. The molecule has 0 bridgehead atoms. The molecular weight excluding hydrogens is 212 g/mol. The van der Waals surface area contributed by atoms with Gasteiger partial charge in [-0.1, -0.05) is 30.4 Å². The van der Waals surface area contributed by atoms with Gasteiger partial charge in [-0.15, -0.1) is 0 Å². The first-order valence-electron chi connectivity index (χ1n) is 5.91. The molecule has 0 amide bonds. The minimum atomic E-state index is 0.133. The molecule has 0 spiro atoms. The Bertz CT molecular complexity index is 458. The predicted molar refractivity (Wildman–Crippen MR) is 68.6 cm³/mol. The number of hydrogen-bond acceptors (Lipinski definition) is 2. The molecule has 1 aromatic rings. The topological polar surface area (TPSA) is 37.3 Å². The van der Waals surface area contributed by atoms with E-state index in [-0.39, 0.29) is 17.5 Å². The molecule has 0 aromatic heterocycles. The Morgan fingerprint density at radius 1 is 1.41 bits per heavy atom. The van der Waals surface area contributed by atoms with Crippen LogP contribution in [0.15, 0.2) is 42.5 Å². The number of benzene rings is 1. The van der Waals surface area contributed by atoms with Crippen LogP contribution in [0, 0.1) is 5.92 Å². The third-order valence-corrected chi connectivity index (χ3v) is 2.97. The minimum Gasteiger partial charge on any atom is -0.508 e. The molecule has 0 saturated heterocycles. The highest BCUT2D eigenvalue weighted by Gasteiger charge is 2.16. The van der Waals surface area contributed by atoms with E-state index in [1.54, 1.807) is 18.2 Å². The maximum absolute atomic E-state index is 11.5. The summed E-state index contributed by atoms with van der Waals surface area (Å²) in [7, 11) is 0. The summed E-state index contributed by atoms with van der Waals surface area (Å²) >= 11 is 0. The number of phenols is 1. The van der Waals surface area contributed by atoms with E-state index in [1.807, 2.05) is 30.4 Å². The molecule has 1 unspecified atom stereocenters. The first-order chi connectivity index (χ1) is 8.25. The van der Waals surface area contributed by atoms with Gasteiger partial charge in [-0.3, -0.25) is 4.79 Å². The highest BCUT2D eigenvalue weighted by Crippen LogP contribution is 2.20. The lowest BCUT2D eigenvalue weighted by Crippen LogP contribution is -2.13. The van der Waals surface area contributed by atoms with Crippen molar-refractivity contribution in [2.45, 2.75) is 19.3 Å². The number of carbonyl (C=O) groups excluding carboxylic acids is 1. The van der Waals surface area contributed by atoms with Crippen molar-refractivity contribution >= 4 is 11.9 Å². The van der Waals surface area contributed by atoms with E-state index < -0.39 is 0 Å². The number of allylic oxidation sites excluding steroid dienone is 3. The minimum absolute atomic E-state index is 0.133. The Morgan fingerprint density at radius 3 is 3.06 bits per heavy atom. The highest BCUT2D eigenvalue weighted by atomic mass is 16.3. The van der Waals surface area contributed by atoms with Crippen LogP contribution in [0.25, 0.3) is 6.08 Å². The van der Waals surface area contributed by atoms with Crippen LogP contribution in [-0.2, 0) is 4.79 Å². The largest absolute Gasteiger partial charge is 0.508 e. The van der Waals surface area contributed by atoms with Gasteiger partial charge >= 0.3 is 0 Å². The van der Waals surface area contributed by atoms with Gasteiger partial charge in [0.1, 0.15) is 5.75 Å². The molecule has 0 fully saturated rings. The number of aromatic hydroxyl groups is 1. The standard InChI is InChI=1S/C15H16O2/c16-14-9-4-6-12(11-14)5-3-8-13-7-1-2-10-15(13)17/h2-6,9-11,13,16H,1,7-8H2/b5-3+. The normalized spacial score (nSPS) is 20.0. The lowest BCUT2D eigenvalue weighted by atomic mass is 9.90. The van der Waals surface area contributed by atoms with E-state index in [0.29, 0.717) is 0 Å². The number of phenolic OH excluding ortho intramolecular Hbond substituents is 1. The molecule has 0 aliphatic heterocycles. The summed E-state index contributed by atoms with van der Waals surface area (Å²) in [6.45, 7) is 0. The Morgan fingerprint density at radius 2 is 2.29 bits per heavy atom. The first-order valence-corrected chi connectivity index (χ1v) is 5.91. The maximum Gasteiger partial charge on any atom is 0.158 e. The molecule has 2 nitrogen and oxygen atoms in total. The van der Waals surface area contributed by atoms with Crippen LogP contribution in [0.2, 0.25) is 0 Å². The summed E-state index contributed by atoms with van der Waals surface area (Å²) in [6, 6.07) is 7.09. The molecule has 0 saturated carbocycles. The van der Waals surface area contributed by atoms with Crippen LogP contribution < -0.4 is 0 Å². The van der Waals surface area contributed by atoms with Gasteiger partial charge in [0.15, 0.2) is 5.78 Å². The molecule has 1 aliphatic carbocycles. The van der Waals surface area contributed by atoms with Crippen LogP contribution in [0.3, 0.4) is 0 Å². The van der Waals surface area contributed by atoms with E-state index in [4.69, 9.17) is 0 Å².